The maximum absolute atomic E-state index is 12.6. The van der Waals surface area contributed by atoms with Crippen molar-refractivity contribution in [2.75, 3.05) is 0 Å². The first-order valence-corrected chi connectivity index (χ1v) is 4.69. The van der Waals surface area contributed by atoms with Gasteiger partial charge in [-0.2, -0.15) is 13.2 Å². The Bertz CT molecular complexity index is 177. The van der Waals surface area contributed by atoms with Crippen LogP contribution in [0.1, 0.15) is 19.3 Å². The summed E-state index contributed by atoms with van der Waals surface area (Å²) < 4.78 is 37.7. The SMILES string of the molecule is CBCC(O)C1(C(F)(F)F)CCC1. The first kappa shape index (κ1) is 10.9. The van der Waals surface area contributed by atoms with Crippen LogP contribution in [0.3, 0.4) is 0 Å². The van der Waals surface area contributed by atoms with Gasteiger partial charge < -0.3 is 5.11 Å². The second kappa shape index (κ2) is 3.52. The van der Waals surface area contributed by atoms with E-state index in [4.69, 9.17) is 0 Å². The summed E-state index contributed by atoms with van der Waals surface area (Å²) in [5, 5.41) is 9.44. The van der Waals surface area contributed by atoms with Crippen molar-refractivity contribution in [2.24, 2.45) is 5.41 Å². The van der Waals surface area contributed by atoms with E-state index in [1.807, 2.05) is 0 Å². The van der Waals surface area contributed by atoms with E-state index in [9.17, 15) is 18.3 Å². The number of hydrogen-bond donors (Lipinski definition) is 1. The summed E-state index contributed by atoms with van der Waals surface area (Å²) in [7, 11) is 0.596. The molecule has 1 aliphatic rings. The molecule has 1 nitrogen and oxygen atoms in total. The fourth-order valence-corrected chi connectivity index (χ4v) is 1.91. The molecule has 76 valence electrons. The first-order valence-electron chi connectivity index (χ1n) is 4.69. The predicted molar refractivity (Wildman–Crippen MR) is 46.2 cm³/mol. The minimum atomic E-state index is -4.24. The van der Waals surface area contributed by atoms with E-state index >= 15 is 0 Å². The van der Waals surface area contributed by atoms with Gasteiger partial charge in [-0.3, -0.25) is 0 Å². The van der Waals surface area contributed by atoms with Gasteiger partial charge in [0.15, 0.2) is 0 Å². The lowest BCUT2D eigenvalue weighted by molar-refractivity contribution is -0.279. The molecule has 0 radical (unpaired) electrons. The number of aliphatic hydroxyl groups is 1. The summed E-state index contributed by atoms with van der Waals surface area (Å²) >= 11 is 0. The van der Waals surface area contributed by atoms with Crippen molar-refractivity contribution in [3.05, 3.63) is 0 Å². The van der Waals surface area contributed by atoms with Crippen molar-refractivity contribution in [1.82, 2.24) is 0 Å². The molecule has 0 amide bonds. The molecule has 0 spiro atoms. The number of halogens is 3. The van der Waals surface area contributed by atoms with Gasteiger partial charge in [-0.25, -0.2) is 0 Å². The lowest BCUT2D eigenvalue weighted by Crippen LogP contribution is -2.52. The smallest absolute Gasteiger partial charge is 0.393 e. The Labute approximate surface area is 76.6 Å². The van der Waals surface area contributed by atoms with Crippen molar-refractivity contribution < 1.29 is 18.3 Å². The predicted octanol–water partition coefficient (Wildman–Crippen LogP) is 1.98. The zero-order valence-electron chi connectivity index (χ0n) is 7.69. The molecular weight excluding hydrogens is 180 g/mol. The molecule has 0 aromatic heterocycles. The van der Waals surface area contributed by atoms with E-state index < -0.39 is 17.7 Å². The lowest BCUT2D eigenvalue weighted by atomic mass is 9.59. The maximum atomic E-state index is 12.6. The van der Waals surface area contributed by atoms with Gasteiger partial charge >= 0.3 is 6.18 Å². The minimum absolute atomic E-state index is 0.0949. The van der Waals surface area contributed by atoms with Crippen LogP contribution in [0.4, 0.5) is 13.2 Å². The number of alkyl halides is 3. The Morgan fingerprint density at radius 1 is 1.46 bits per heavy atom. The lowest BCUT2D eigenvalue weighted by Gasteiger charge is -2.46. The molecule has 0 aromatic rings. The third-order valence-corrected chi connectivity index (χ3v) is 3.01. The Kier molecular flexibility index (Phi) is 2.95. The average molecular weight is 194 g/mol. The van der Waals surface area contributed by atoms with Crippen LogP contribution in [0.25, 0.3) is 0 Å². The highest BCUT2D eigenvalue weighted by molar-refractivity contribution is 6.33. The summed E-state index contributed by atoms with van der Waals surface area (Å²) in [6.45, 7) is 1.78. The maximum Gasteiger partial charge on any atom is 0.396 e. The highest BCUT2D eigenvalue weighted by atomic mass is 19.4. The summed E-state index contributed by atoms with van der Waals surface area (Å²) in [4.78, 5) is 0. The highest BCUT2D eigenvalue weighted by Crippen LogP contribution is 2.55. The van der Waals surface area contributed by atoms with Crippen LogP contribution < -0.4 is 0 Å². The molecular formula is C8H14BF3O. The van der Waals surface area contributed by atoms with Crippen LogP contribution in [0, 0.1) is 5.41 Å². The molecule has 0 aliphatic heterocycles. The third-order valence-electron chi connectivity index (χ3n) is 3.01. The van der Waals surface area contributed by atoms with E-state index in [0.717, 1.165) is 0 Å². The van der Waals surface area contributed by atoms with Gasteiger partial charge in [-0.05, 0) is 12.8 Å². The molecule has 5 heteroatoms. The Morgan fingerprint density at radius 3 is 2.23 bits per heavy atom. The van der Waals surface area contributed by atoms with Gasteiger partial charge in [-0.15, -0.1) is 0 Å². The molecule has 0 heterocycles. The van der Waals surface area contributed by atoms with Gasteiger partial charge in [0.1, 0.15) is 7.28 Å². The Balaban J connectivity index is 2.69. The largest absolute Gasteiger partial charge is 0.396 e. The zero-order valence-corrected chi connectivity index (χ0v) is 7.69. The molecule has 1 aliphatic carbocycles. The molecule has 0 aromatic carbocycles. The summed E-state index contributed by atoms with van der Waals surface area (Å²) in [6.07, 6.45) is -4.42. The first-order chi connectivity index (χ1) is 5.94. The zero-order chi connectivity index (χ0) is 10.1. The highest BCUT2D eigenvalue weighted by Gasteiger charge is 2.61. The normalized spacial score (nSPS) is 23.5. The van der Waals surface area contributed by atoms with Crippen LogP contribution in [0.2, 0.25) is 13.1 Å². The van der Waals surface area contributed by atoms with Crippen LogP contribution in [-0.4, -0.2) is 24.7 Å². The monoisotopic (exact) mass is 194 g/mol. The number of hydrogen-bond acceptors (Lipinski definition) is 1. The van der Waals surface area contributed by atoms with Crippen LogP contribution >= 0.6 is 0 Å². The molecule has 0 bridgehead atoms. The van der Waals surface area contributed by atoms with E-state index in [-0.39, 0.29) is 19.2 Å². The number of rotatable bonds is 3. The van der Waals surface area contributed by atoms with E-state index in [2.05, 4.69) is 0 Å². The van der Waals surface area contributed by atoms with Crippen molar-refractivity contribution in [3.8, 4) is 0 Å². The second-order valence-corrected chi connectivity index (χ2v) is 3.81. The van der Waals surface area contributed by atoms with Gasteiger partial charge in [0, 0.05) is 0 Å². The fourth-order valence-electron chi connectivity index (χ4n) is 1.91. The van der Waals surface area contributed by atoms with Gasteiger partial charge in [0.05, 0.1) is 11.5 Å². The molecule has 13 heavy (non-hydrogen) atoms. The molecule has 1 fully saturated rings. The topological polar surface area (TPSA) is 20.2 Å². The van der Waals surface area contributed by atoms with E-state index in [0.29, 0.717) is 13.7 Å². The quantitative estimate of drug-likeness (QED) is 0.681. The third kappa shape index (κ3) is 1.71. The molecule has 1 rings (SSSR count). The van der Waals surface area contributed by atoms with Gasteiger partial charge in [0.25, 0.3) is 0 Å². The Morgan fingerprint density at radius 2 is 2.00 bits per heavy atom. The molecule has 1 N–H and O–H groups in total. The average Bonchev–Trinajstić information content (AvgIpc) is 1.80. The summed E-state index contributed by atoms with van der Waals surface area (Å²) in [6, 6.07) is 0. The molecule has 1 unspecified atom stereocenters. The van der Waals surface area contributed by atoms with Gasteiger partial charge in [0.2, 0.25) is 0 Å². The summed E-state index contributed by atoms with van der Waals surface area (Å²) in [5.41, 5.74) is -1.77. The number of aliphatic hydroxyl groups excluding tert-OH is 1. The fraction of sp³-hybridized carbons (Fsp3) is 1.00. The minimum Gasteiger partial charge on any atom is -0.393 e. The van der Waals surface area contributed by atoms with Crippen molar-refractivity contribution >= 4 is 7.28 Å². The van der Waals surface area contributed by atoms with E-state index in [1.54, 1.807) is 6.82 Å². The van der Waals surface area contributed by atoms with Crippen molar-refractivity contribution in [3.63, 3.8) is 0 Å². The second-order valence-electron chi connectivity index (χ2n) is 3.81. The van der Waals surface area contributed by atoms with Crippen LogP contribution in [0.5, 0.6) is 0 Å². The Hall–Kier alpha value is -0.185. The summed E-state index contributed by atoms with van der Waals surface area (Å²) in [5.74, 6) is 0. The molecule has 1 saturated carbocycles. The van der Waals surface area contributed by atoms with Crippen LogP contribution in [-0.2, 0) is 0 Å². The standard InChI is InChI=1S/C8H14BF3O/c1-9-5-6(13)7(3-2-4-7)8(10,11)12/h6,9,13H,2-5H2,1H3. The van der Waals surface area contributed by atoms with Crippen LogP contribution in [0.15, 0.2) is 0 Å². The molecule has 1 atom stereocenters. The van der Waals surface area contributed by atoms with Crippen molar-refractivity contribution in [1.29, 1.82) is 0 Å². The molecule has 0 saturated heterocycles. The van der Waals surface area contributed by atoms with E-state index in [1.165, 1.54) is 0 Å². The van der Waals surface area contributed by atoms with Gasteiger partial charge in [-0.1, -0.05) is 19.6 Å². The van der Waals surface area contributed by atoms with Crippen molar-refractivity contribution in [2.45, 2.75) is 44.7 Å².